The van der Waals surface area contributed by atoms with Gasteiger partial charge in [-0.25, -0.2) is 14.3 Å². The third kappa shape index (κ3) is 2.19. The molecule has 0 aliphatic heterocycles. The van der Waals surface area contributed by atoms with Crippen molar-refractivity contribution in [1.82, 2.24) is 0 Å². The van der Waals surface area contributed by atoms with E-state index in [1.807, 2.05) is 5.48 Å². The summed E-state index contributed by atoms with van der Waals surface area (Å²) in [6.07, 6.45) is 0. The van der Waals surface area contributed by atoms with Crippen LogP contribution in [0, 0.1) is 11.6 Å². The fourth-order valence-corrected chi connectivity index (χ4v) is 0.705. The van der Waals surface area contributed by atoms with E-state index in [2.05, 4.69) is 4.84 Å². The molecule has 0 bridgehead atoms. The Morgan fingerprint density at radius 2 is 1.83 bits per heavy atom. The molecule has 0 amide bonds. The van der Waals surface area contributed by atoms with E-state index >= 15 is 0 Å². The van der Waals surface area contributed by atoms with Crippen LogP contribution in [0.3, 0.4) is 0 Å². The number of hydrogen-bond acceptors (Lipinski definition) is 3. The molecule has 0 saturated carbocycles. The molecule has 1 N–H and O–H groups in total. The van der Waals surface area contributed by atoms with E-state index < -0.39 is 11.6 Å². The maximum Gasteiger partial charge on any atom is 0.320 e. The molecule has 3 nitrogen and oxygen atoms in total. The lowest BCUT2D eigenvalue weighted by Crippen LogP contribution is -1.99. The number of halogens is 2. The average molecular weight is 173 g/mol. The second kappa shape index (κ2) is 3.66. The highest BCUT2D eigenvalue weighted by molar-refractivity contribution is 5.46. The largest absolute Gasteiger partial charge is 0.347 e. The van der Waals surface area contributed by atoms with E-state index in [4.69, 9.17) is 0 Å². The van der Waals surface area contributed by atoms with Crippen molar-refractivity contribution in [3.05, 3.63) is 29.8 Å². The van der Waals surface area contributed by atoms with Crippen LogP contribution in [0.4, 0.5) is 14.5 Å². The quantitative estimate of drug-likeness (QED) is 0.555. The van der Waals surface area contributed by atoms with Crippen molar-refractivity contribution in [2.45, 2.75) is 0 Å². The van der Waals surface area contributed by atoms with Crippen LogP contribution in [-0.2, 0) is 9.63 Å². The molecule has 0 radical (unpaired) electrons. The average Bonchev–Trinajstić information content (AvgIpc) is 1.99. The van der Waals surface area contributed by atoms with Gasteiger partial charge in [0, 0.05) is 18.2 Å². The first kappa shape index (κ1) is 8.45. The van der Waals surface area contributed by atoms with Crippen LogP contribution in [0.2, 0.25) is 0 Å². The standard InChI is InChI=1S/C7H5F2NO2/c8-5-1-6(9)3-7(2-5)10-12-4-11/h1-4,10H. The second-order valence-electron chi connectivity index (χ2n) is 1.97. The highest BCUT2D eigenvalue weighted by Crippen LogP contribution is 2.12. The summed E-state index contributed by atoms with van der Waals surface area (Å²) in [4.78, 5) is 13.7. The van der Waals surface area contributed by atoms with Gasteiger partial charge in [-0.15, -0.1) is 0 Å². The van der Waals surface area contributed by atoms with Gasteiger partial charge in [0.15, 0.2) is 0 Å². The van der Waals surface area contributed by atoms with Gasteiger partial charge in [0.1, 0.15) is 11.6 Å². The fourth-order valence-electron chi connectivity index (χ4n) is 0.705. The van der Waals surface area contributed by atoms with Crippen LogP contribution in [0.1, 0.15) is 0 Å². The van der Waals surface area contributed by atoms with Crippen LogP contribution in [0.5, 0.6) is 0 Å². The van der Waals surface area contributed by atoms with E-state index in [1.54, 1.807) is 0 Å². The smallest absolute Gasteiger partial charge is 0.320 e. The van der Waals surface area contributed by atoms with E-state index in [9.17, 15) is 13.6 Å². The summed E-state index contributed by atoms with van der Waals surface area (Å²) in [6, 6.07) is 2.70. The topological polar surface area (TPSA) is 38.3 Å². The second-order valence-corrected chi connectivity index (χ2v) is 1.97. The van der Waals surface area contributed by atoms with Crippen LogP contribution >= 0.6 is 0 Å². The van der Waals surface area contributed by atoms with Gasteiger partial charge in [-0.1, -0.05) is 0 Å². The summed E-state index contributed by atoms with van der Waals surface area (Å²) in [5.41, 5.74) is 2.07. The maximum atomic E-state index is 12.4. The molecule has 0 atom stereocenters. The summed E-state index contributed by atoms with van der Waals surface area (Å²) in [6.45, 7) is 0.114. The molecule has 0 spiro atoms. The molecule has 0 saturated heterocycles. The Balaban J connectivity index is 2.78. The van der Waals surface area contributed by atoms with E-state index in [1.165, 1.54) is 0 Å². The minimum atomic E-state index is -0.744. The predicted octanol–water partition coefficient (Wildman–Crippen LogP) is 1.46. The van der Waals surface area contributed by atoms with E-state index in [0.717, 1.165) is 12.1 Å². The van der Waals surface area contributed by atoms with Crippen LogP contribution in [-0.4, -0.2) is 6.47 Å². The molecular weight excluding hydrogens is 168 g/mol. The summed E-state index contributed by atoms with van der Waals surface area (Å²) in [7, 11) is 0. The highest BCUT2D eigenvalue weighted by Gasteiger charge is 1.99. The zero-order valence-electron chi connectivity index (χ0n) is 5.88. The normalized spacial score (nSPS) is 9.17. The van der Waals surface area contributed by atoms with Gasteiger partial charge in [-0.05, 0) is 0 Å². The van der Waals surface area contributed by atoms with Crippen molar-refractivity contribution in [2.24, 2.45) is 0 Å². The number of benzene rings is 1. The first-order chi connectivity index (χ1) is 5.72. The van der Waals surface area contributed by atoms with Gasteiger partial charge in [-0.2, -0.15) is 0 Å². The van der Waals surface area contributed by atoms with Gasteiger partial charge in [0.2, 0.25) is 0 Å². The molecule has 1 aromatic carbocycles. The van der Waals surface area contributed by atoms with Gasteiger partial charge in [0.05, 0.1) is 5.69 Å². The highest BCUT2D eigenvalue weighted by atomic mass is 19.1. The lowest BCUT2D eigenvalue weighted by molar-refractivity contribution is -0.126. The van der Waals surface area contributed by atoms with Crippen molar-refractivity contribution in [2.75, 3.05) is 5.48 Å². The Morgan fingerprint density at radius 3 is 2.33 bits per heavy atom. The molecular formula is C7H5F2NO2. The summed E-state index contributed by atoms with van der Waals surface area (Å²) < 4.78 is 24.9. The van der Waals surface area contributed by atoms with Crippen molar-refractivity contribution in [1.29, 1.82) is 0 Å². The molecule has 12 heavy (non-hydrogen) atoms. The minimum absolute atomic E-state index is 0.0413. The zero-order chi connectivity index (χ0) is 8.97. The molecule has 0 aliphatic carbocycles. The Labute approximate surface area is 66.9 Å². The van der Waals surface area contributed by atoms with Gasteiger partial charge in [-0.3, -0.25) is 4.79 Å². The SMILES string of the molecule is O=CONc1cc(F)cc(F)c1. The summed E-state index contributed by atoms with van der Waals surface area (Å²) >= 11 is 0. The van der Waals surface area contributed by atoms with Crippen molar-refractivity contribution >= 4 is 12.2 Å². The fraction of sp³-hybridized carbons (Fsp3) is 0. The number of rotatable bonds is 3. The number of hydrogen-bond donors (Lipinski definition) is 1. The van der Waals surface area contributed by atoms with E-state index in [-0.39, 0.29) is 12.2 Å². The lowest BCUT2D eigenvalue weighted by Gasteiger charge is -2.01. The van der Waals surface area contributed by atoms with Gasteiger partial charge < -0.3 is 4.84 Å². The minimum Gasteiger partial charge on any atom is -0.347 e. The Morgan fingerprint density at radius 1 is 1.25 bits per heavy atom. The van der Waals surface area contributed by atoms with Crippen molar-refractivity contribution < 1.29 is 18.4 Å². The van der Waals surface area contributed by atoms with Crippen LogP contribution in [0.15, 0.2) is 18.2 Å². The molecule has 0 aromatic heterocycles. The number of anilines is 1. The van der Waals surface area contributed by atoms with Gasteiger partial charge >= 0.3 is 6.47 Å². The molecule has 1 rings (SSSR count). The Kier molecular flexibility index (Phi) is 2.57. The molecule has 64 valence electrons. The Hall–Kier alpha value is -1.65. The summed E-state index contributed by atoms with van der Waals surface area (Å²) in [5, 5.41) is 0. The number of carbonyl (C=O) groups is 1. The van der Waals surface area contributed by atoms with Gasteiger partial charge in [0.25, 0.3) is 0 Å². The molecule has 5 heteroatoms. The molecule has 1 aromatic rings. The molecule has 0 aliphatic rings. The third-order valence-electron chi connectivity index (χ3n) is 1.09. The maximum absolute atomic E-state index is 12.4. The third-order valence-corrected chi connectivity index (χ3v) is 1.09. The zero-order valence-corrected chi connectivity index (χ0v) is 5.88. The molecule has 0 unspecified atom stereocenters. The van der Waals surface area contributed by atoms with Crippen molar-refractivity contribution in [3.8, 4) is 0 Å². The van der Waals surface area contributed by atoms with Crippen molar-refractivity contribution in [3.63, 3.8) is 0 Å². The first-order valence-corrected chi connectivity index (χ1v) is 3.04. The monoisotopic (exact) mass is 173 g/mol. The van der Waals surface area contributed by atoms with Crippen LogP contribution < -0.4 is 5.48 Å². The van der Waals surface area contributed by atoms with E-state index in [0.29, 0.717) is 6.07 Å². The molecule has 0 fully saturated rings. The first-order valence-electron chi connectivity index (χ1n) is 3.04. The van der Waals surface area contributed by atoms with Crippen LogP contribution in [0.25, 0.3) is 0 Å². The lowest BCUT2D eigenvalue weighted by atomic mass is 10.3. The predicted molar refractivity (Wildman–Crippen MR) is 37.1 cm³/mol. The Bertz CT molecular complexity index is 270. The molecule has 0 heterocycles. The number of nitrogens with one attached hydrogen (secondary N) is 1. The number of carbonyl (C=O) groups excluding carboxylic acids is 1. The summed E-state index contributed by atoms with van der Waals surface area (Å²) in [5.74, 6) is -1.49.